The number of anilines is 2. The topological polar surface area (TPSA) is 111 Å². The van der Waals surface area contributed by atoms with E-state index in [1.165, 1.54) is 26.0 Å². The summed E-state index contributed by atoms with van der Waals surface area (Å²) in [5, 5.41) is 13.1. The molecule has 1 aromatic carbocycles. The van der Waals surface area contributed by atoms with E-state index in [0.29, 0.717) is 34.9 Å². The average molecular weight is 394 g/mol. The number of amides is 2. The molecule has 3 aromatic rings. The molecule has 0 spiro atoms. The number of methoxy groups -OCH3 is 1. The monoisotopic (exact) mass is 394 g/mol. The van der Waals surface area contributed by atoms with Crippen LogP contribution in [0.25, 0.3) is 5.82 Å². The van der Waals surface area contributed by atoms with Crippen LogP contribution >= 0.6 is 0 Å². The number of pyridine rings is 1. The zero-order valence-electron chi connectivity index (χ0n) is 16.4. The van der Waals surface area contributed by atoms with Gasteiger partial charge in [0.2, 0.25) is 5.91 Å². The molecule has 2 aromatic heterocycles. The molecule has 29 heavy (non-hydrogen) atoms. The second-order valence-corrected chi connectivity index (χ2v) is 6.79. The summed E-state index contributed by atoms with van der Waals surface area (Å²) in [6.07, 6.45) is 4.96. The molecule has 2 amide bonds. The van der Waals surface area contributed by atoms with E-state index in [0.717, 1.165) is 0 Å². The number of ether oxygens (including phenoxy) is 1. The molecule has 0 atom stereocenters. The van der Waals surface area contributed by atoms with Gasteiger partial charge in [-0.2, -0.15) is 0 Å². The molecule has 0 fully saturated rings. The Hall–Kier alpha value is -3.75. The van der Waals surface area contributed by atoms with Crippen molar-refractivity contribution >= 4 is 23.2 Å². The number of carbonyl (C=O) groups excluding carboxylic acids is 2. The van der Waals surface area contributed by atoms with Crippen molar-refractivity contribution in [3.8, 4) is 11.6 Å². The summed E-state index contributed by atoms with van der Waals surface area (Å²) in [6.45, 7) is 3.95. The Balaban J connectivity index is 1.74. The van der Waals surface area contributed by atoms with Gasteiger partial charge in [0.25, 0.3) is 5.91 Å². The Labute approximate surface area is 168 Å². The highest BCUT2D eigenvalue weighted by atomic mass is 16.5. The van der Waals surface area contributed by atoms with E-state index in [4.69, 9.17) is 4.74 Å². The fraction of sp³-hybridized carbons (Fsp3) is 0.250. The van der Waals surface area contributed by atoms with E-state index >= 15 is 0 Å². The van der Waals surface area contributed by atoms with E-state index in [2.05, 4.69) is 25.8 Å². The minimum atomic E-state index is -0.305. The number of nitrogens with one attached hydrogen (secondary N) is 2. The van der Waals surface area contributed by atoms with Crippen LogP contribution in [-0.4, -0.2) is 38.7 Å². The van der Waals surface area contributed by atoms with E-state index in [9.17, 15) is 9.59 Å². The average Bonchev–Trinajstić information content (AvgIpc) is 3.23. The molecular weight excluding hydrogens is 372 g/mol. The van der Waals surface area contributed by atoms with Gasteiger partial charge < -0.3 is 15.4 Å². The van der Waals surface area contributed by atoms with Gasteiger partial charge in [-0.15, -0.1) is 10.2 Å². The molecule has 0 aliphatic carbocycles. The molecule has 0 unspecified atom stereocenters. The molecule has 0 radical (unpaired) electrons. The molecule has 3 rings (SSSR count). The zero-order chi connectivity index (χ0) is 20.8. The first-order valence-corrected chi connectivity index (χ1v) is 9.06. The number of rotatable bonds is 7. The highest BCUT2D eigenvalue weighted by Crippen LogP contribution is 2.28. The second kappa shape index (κ2) is 8.96. The quantitative estimate of drug-likeness (QED) is 0.637. The van der Waals surface area contributed by atoms with Crippen LogP contribution in [0.2, 0.25) is 0 Å². The van der Waals surface area contributed by atoms with Gasteiger partial charge in [0.1, 0.15) is 24.2 Å². The number of hydrogen-bond donors (Lipinski definition) is 2. The Kier molecular flexibility index (Phi) is 6.18. The van der Waals surface area contributed by atoms with Gasteiger partial charge in [0, 0.05) is 29.9 Å². The summed E-state index contributed by atoms with van der Waals surface area (Å²) in [6, 6.07) is 8.30. The van der Waals surface area contributed by atoms with Crippen LogP contribution in [0.1, 0.15) is 30.6 Å². The van der Waals surface area contributed by atoms with Crippen molar-refractivity contribution in [3.05, 3.63) is 54.7 Å². The predicted molar refractivity (Wildman–Crippen MR) is 108 cm³/mol. The first kappa shape index (κ1) is 20.0. The first-order chi connectivity index (χ1) is 14.0. The smallest absolute Gasteiger partial charge is 0.255 e. The second-order valence-electron chi connectivity index (χ2n) is 6.79. The third-order valence-electron chi connectivity index (χ3n) is 4.02. The SMILES string of the molecule is COc1cc(NC(=O)c2ccnc(-n3cnnc3)c2)ccc1NC(=O)CC(C)C. The van der Waals surface area contributed by atoms with Crippen molar-refractivity contribution in [2.75, 3.05) is 17.7 Å². The number of carbonyl (C=O) groups is 2. The van der Waals surface area contributed by atoms with Crippen LogP contribution < -0.4 is 15.4 Å². The summed E-state index contributed by atoms with van der Waals surface area (Å²) in [5.74, 6) is 0.847. The van der Waals surface area contributed by atoms with Gasteiger partial charge in [-0.25, -0.2) is 4.98 Å². The number of nitrogens with zero attached hydrogens (tertiary/aromatic N) is 4. The standard InChI is InChI=1S/C20H22N6O3/c1-13(2)8-19(27)25-16-5-4-15(10-17(16)29-3)24-20(28)14-6-7-21-18(9-14)26-11-22-23-12-26/h4-7,9-13H,8H2,1-3H3,(H,24,28)(H,25,27). The van der Waals surface area contributed by atoms with E-state index < -0.39 is 0 Å². The van der Waals surface area contributed by atoms with Crippen LogP contribution in [0.4, 0.5) is 11.4 Å². The molecule has 0 aliphatic heterocycles. The van der Waals surface area contributed by atoms with Gasteiger partial charge >= 0.3 is 0 Å². The van der Waals surface area contributed by atoms with Gasteiger partial charge in [-0.05, 0) is 30.2 Å². The third-order valence-corrected chi connectivity index (χ3v) is 4.02. The summed E-state index contributed by atoms with van der Waals surface area (Å²) in [5.41, 5.74) is 1.52. The molecule has 150 valence electrons. The van der Waals surface area contributed by atoms with Crippen molar-refractivity contribution in [1.29, 1.82) is 0 Å². The minimum absolute atomic E-state index is 0.0895. The van der Waals surface area contributed by atoms with Gasteiger partial charge in [-0.3, -0.25) is 14.2 Å². The van der Waals surface area contributed by atoms with Gasteiger partial charge in [0.15, 0.2) is 0 Å². The maximum absolute atomic E-state index is 12.6. The first-order valence-electron chi connectivity index (χ1n) is 9.06. The largest absolute Gasteiger partial charge is 0.494 e. The third kappa shape index (κ3) is 5.16. The highest BCUT2D eigenvalue weighted by molar-refractivity contribution is 6.04. The molecule has 0 saturated carbocycles. The van der Waals surface area contributed by atoms with Gasteiger partial charge in [0.05, 0.1) is 12.8 Å². The lowest BCUT2D eigenvalue weighted by atomic mass is 10.1. The van der Waals surface area contributed by atoms with E-state index in [1.807, 2.05) is 13.8 Å². The van der Waals surface area contributed by atoms with Crippen molar-refractivity contribution in [3.63, 3.8) is 0 Å². The van der Waals surface area contributed by atoms with Crippen molar-refractivity contribution in [1.82, 2.24) is 19.7 Å². The molecule has 9 heteroatoms. The minimum Gasteiger partial charge on any atom is -0.494 e. The molecule has 0 aliphatic rings. The van der Waals surface area contributed by atoms with Crippen molar-refractivity contribution < 1.29 is 14.3 Å². The fourth-order valence-electron chi connectivity index (χ4n) is 2.67. The summed E-state index contributed by atoms with van der Waals surface area (Å²) >= 11 is 0. The maximum atomic E-state index is 12.6. The zero-order valence-corrected chi connectivity index (χ0v) is 16.4. The summed E-state index contributed by atoms with van der Waals surface area (Å²) in [4.78, 5) is 28.8. The van der Waals surface area contributed by atoms with Crippen molar-refractivity contribution in [2.24, 2.45) is 5.92 Å². The Morgan fingerprint density at radius 1 is 1.10 bits per heavy atom. The van der Waals surface area contributed by atoms with Crippen molar-refractivity contribution in [2.45, 2.75) is 20.3 Å². The maximum Gasteiger partial charge on any atom is 0.255 e. The van der Waals surface area contributed by atoms with Gasteiger partial charge in [-0.1, -0.05) is 13.8 Å². The van der Waals surface area contributed by atoms with Crippen LogP contribution in [0.15, 0.2) is 49.2 Å². The van der Waals surface area contributed by atoms with Crippen LogP contribution in [-0.2, 0) is 4.79 Å². The molecule has 2 N–H and O–H groups in total. The molecular formula is C20H22N6O3. The molecule has 0 bridgehead atoms. The van der Waals surface area contributed by atoms with Crippen LogP contribution in [0.3, 0.4) is 0 Å². The number of benzene rings is 1. The lowest BCUT2D eigenvalue weighted by Crippen LogP contribution is -2.15. The number of hydrogen-bond acceptors (Lipinski definition) is 6. The van der Waals surface area contributed by atoms with Crippen LogP contribution in [0.5, 0.6) is 5.75 Å². The molecule has 9 nitrogen and oxygen atoms in total. The predicted octanol–water partition coefficient (Wildman–Crippen LogP) is 2.91. The van der Waals surface area contributed by atoms with E-state index in [-0.39, 0.29) is 17.7 Å². The van der Waals surface area contributed by atoms with Crippen LogP contribution in [0, 0.1) is 5.92 Å². The lowest BCUT2D eigenvalue weighted by molar-refractivity contribution is -0.116. The summed E-state index contributed by atoms with van der Waals surface area (Å²) < 4.78 is 6.96. The highest BCUT2D eigenvalue weighted by Gasteiger charge is 2.13. The lowest BCUT2D eigenvalue weighted by Gasteiger charge is -2.13. The molecule has 2 heterocycles. The number of aromatic nitrogens is 4. The summed E-state index contributed by atoms with van der Waals surface area (Å²) in [7, 11) is 1.51. The van der Waals surface area contributed by atoms with E-state index in [1.54, 1.807) is 34.9 Å². The Morgan fingerprint density at radius 3 is 2.55 bits per heavy atom. The Morgan fingerprint density at radius 2 is 1.86 bits per heavy atom. The normalized spacial score (nSPS) is 10.6. The Bertz CT molecular complexity index is 1000. The molecule has 0 saturated heterocycles. The fourth-order valence-corrected chi connectivity index (χ4v) is 2.67.